The van der Waals surface area contributed by atoms with Crippen LogP contribution in [0.4, 0.5) is 5.69 Å². The monoisotopic (exact) mass is 373 g/mol. The average molecular weight is 373 g/mol. The molecule has 1 amide bonds. The van der Waals surface area contributed by atoms with Gasteiger partial charge >= 0.3 is 0 Å². The minimum Gasteiger partial charge on any atom is -0.495 e. The minimum absolute atomic E-state index is 0.136. The molecule has 3 heterocycles. The van der Waals surface area contributed by atoms with Crippen molar-refractivity contribution in [2.24, 2.45) is 0 Å². The summed E-state index contributed by atoms with van der Waals surface area (Å²) < 4.78 is 6.40. The number of nitrogens with one attached hydrogen (secondary N) is 2. The molecule has 2 aromatic heterocycles. The van der Waals surface area contributed by atoms with Crippen molar-refractivity contribution < 1.29 is 9.53 Å². The molecule has 2 aromatic carbocycles. The number of H-pyrrole nitrogens is 1. The maximum absolute atomic E-state index is 12.6. The van der Waals surface area contributed by atoms with E-state index in [0.29, 0.717) is 11.3 Å². The van der Waals surface area contributed by atoms with E-state index >= 15 is 0 Å². The van der Waals surface area contributed by atoms with Crippen LogP contribution in [0.1, 0.15) is 11.3 Å². The summed E-state index contributed by atoms with van der Waals surface area (Å²) in [7, 11) is 1.61. The lowest BCUT2D eigenvalue weighted by atomic mass is 10.0. The van der Waals surface area contributed by atoms with Crippen molar-refractivity contribution >= 4 is 44.8 Å². The van der Waals surface area contributed by atoms with E-state index in [1.54, 1.807) is 24.6 Å². The van der Waals surface area contributed by atoms with E-state index in [-0.39, 0.29) is 5.91 Å². The van der Waals surface area contributed by atoms with Gasteiger partial charge in [-0.05, 0) is 24.3 Å². The Labute approximate surface area is 159 Å². The van der Waals surface area contributed by atoms with Crippen molar-refractivity contribution in [3.63, 3.8) is 0 Å². The van der Waals surface area contributed by atoms with Gasteiger partial charge in [0, 0.05) is 17.3 Å². The summed E-state index contributed by atoms with van der Waals surface area (Å²) in [4.78, 5) is 20.6. The molecule has 0 saturated carbocycles. The molecule has 5 rings (SSSR count). The number of rotatable bonds is 3. The van der Waals surface area contributed by atoms with Crippen LogP contribution >= 0.6 is 11.3 Å². The summed E-state index contributed by atoms with van der Waals surface area (Å²) >= 11 is 1.63. The highest BCUT2D eigenvalue weighted by Gasteiger charge is 2.28. The van der Waals surface area contributed by atoms with Crippen LogP contribution in [0.25, 0.3) is 32.4 Å². The highest BCUT2D eigenvalue weighted by atomic mass is 32.1. The Morgan fingerprint density at radius 2 is 1.96 bits per heavy atom. The third kappa shape index (κ3) is 2.53. The topological polar surface area (TPSA) is 67.0 Å². The molecule has 0 saturated heterocycles. The number of benzene rings is 2. The summed E-state index contributed by atoms with van der Waals surface area (Å²) in [5.74, 6) is 0.558. The maximum atomic E-state index is 12.6. The Bertz CT molecular complexity index is 1200. The quantitative estimate of drug-likeness (QED) is 0.507. The number of nitrogens with zero attached hydrogens (tertiary/aromatic N) is 1. The number of methoxy groups -OCH3 is 1. The Morgan fingerprint density at radius 1 is 1.11 bits per heavy atom. The van der Waals surface area contributed by atoms with Crippen molar-refractivity contribution in [2.45, 2.75) is 0 Å². The number of carbonyl (C=O) groups is 1. The van der Waals surface area contributed by atoms with E-state index in [2.05, 4.69) is 10.3 Å². The third-order valence-corrected chi connectivity index (χ3v) is 5.66. The molecule has 2 N–H and O–H groups in total. The fourth-order valence-corrected chi connectivity index (χ4v) is 4.30. The largest absolute Gasteiger partial charge is 0.495 e. The first-order valence-corrected chi connectivity index (χ1v) is 9.30. The van der Waals surface area contributed by atoms with Crippen LogP contribution in [0.5, 0.6) is 5.75 Å². The highest BCUT2D eigenvalue weighted by Crippen LogP contribution is 2.42. The number of fused-ring (bicyclic) bond motifs is 3. The van der Waals surface area contributed by atoms with Crippen molar-refractivity contribution in [1.82, 2.24) is 9.97 Å². The standard InChI is InChI=1S/C21H15N3O2S/c1-26-16-9-10-22-15(16)11-13-18-14(23-20(13)25)7-8-17-19(18)24-21(27-17)12-5-3-2-4-6-12/h2-11,22H,1H3,(H,23,25). The zero-order chi connectivity index (χ0) is 18.4. The second kappa shape index (κ2) is 6.10. The van der Waals surface area contributed by atoms with Crippen molar-refractivity contribution in [1.29, 1.82) is 0 Å². The SMILES string of the molecule is COc1cc[nH]c1C=C1C(=O)Nc2ccc3sc(-c4ccccc4)nc3c21. The van der Waals surface area contributed by atoms with E-state index in [9.17, 15) is 4.79 Å². The molecule has 0 atom stereocenters. The molecule has 0 fully saturated rings. The number of anilines is 1. The smallest absolute Gasteiger partial charge is 0.256 e. The van der Waals surface area contributed by atoms with E-state index in [0.717, 1.165) is 37.7 Å². The van der Waals surface area contributed by atoms with Gasteiger partial charge in [-0.1, -0.05) is 30.3 Å². The molecule has 0 spiro atoms. The van der Waals surface area contributed by atoms with Crippen molar-refractivity contribution in [3.05, 3.63) is 66.0 Å². The van der Waals surface area contributed by atoms with Gasteiger partial charge < -0.3 is 15.0 Å². The van der Waals surface area contributed by atoms with Crippen LogP contribution in [0.15, 0.2) is 54.7 Å². The summed E-state index contributed by atoms with van der Waals surface area (Å²) in [6.07, 6.45) is 3.61. The molecule has 6 heteroatoms. The summed E-state index contributed by atoms with van der Waals surface area (Å²) in [5.41, 5.74) is 4.88. The fraction of sp³-hybridized carbons (Fsp3) is 0.0476. The van der Waals surface area contributed by atoms with Crippen LogP contribution in [0, 0.1) is 0 Å². The first kappa shape index (κ1) is 15.8. The summed E-state index contributed by atoms with van der Waals surface area (Å²) in [6, 6.07) is 15.9. The zero-order valence-corrected chi connectivity index (χ0v) is 15.3. The molecule has 27 heavy (non-hydrogen) atoms. The van der Waals surface area contributed by atoms with Crippen molar-refractivity contribution in [2.75, 3.05) is 12.4 Å². The normalized spacial score (nSPS) is 14.6. The first-order valence-electron chi connectivity index (χ1n) is 8.48. The van der Waals surface area contributed by atoms with Gasteiger partial charge in [0.1, 0.15) is 10.8 Å². The number of hydrogen-bond donors (Lipinski definition) is 2. The molecule has 0 aliphatic carbocycles. The molecule has 0 radical (unpaired) electrons. The fourth-order valence-electron chi connectivity index (χ4n) is 3.32. The molecule has 1 aliphatic heterocycles. The lowest BCUT2D eigenvalue weighted by Crippen LogP contribution is -2.03. The zero-order valence-electron chi connectivity index (χ0n) is 14.4. The Balaban J connectivity index is 1.71. The van der Waals surface area contributed by atoms with Crippen LogP contribution in [0.3, 0.4) is 0 Å². The van der Waals surface area contributed by atoms with Gasteiger partial charge in [-0.15, -0.1) is 11.3 Å². The minimum atomic E-state index is -0.136. The predicted molar refractivity (Wildman–Crippen MR) is 109 cm³/mol. The first-order chi connectivity index (χ1) is 13.2. The molecule has 4 aromatic rings. The molecule has 0 unspecified atom stereocenters. The van der Waals surface area contributed by atoms with E-state index < -0.39 is 0 Å². The van der Waals surface area contributed by atoms with Crippen LogP contribution in [-0.2, 0) is 4.79 Å². The maximum Gasteiger partial charge on any atom is 0.256 e. The van der Waals surface area contributed by atoms with Gasteiger partial charge in [-0.3, -0.25) is 4.79 Å². The van der Waals surface area contributed by atoms with Crippen molar-refractivity contribution in [3.8, 4) is 16.3 Å². The van der Waals surface area contributed by atoms with Gasteiger partial charge in [0.2, 0.25) is 0 Å². The molecular formula is C21H15N3O2S. The Hall–Kier alpha value is -3.38. The van der Waals surface area contributed by atoms with E-state index in [4.69, 9.17) is 9.72 Å². The van der Waals surface area contributed by atoms with E-state index in [1.165, 1.54) is 0 Å². The summed E-state index contributed by atoms with van der Waals surface area (Å²) in [6.45, 7) is 0. The van der Waals surface area contributed by atoms with Gasteiger partial charge in [-0.25, -0.2) is 4.98 Å². The van der Waals surface area contributed by atoms with Gasteiger partial charge in [0.05, 0.1) is 34.3 Å². The highest BCUT2D eigenvalue weighted by molar-refractivity contribution is 7.21. The predicted octanol–water partition coefficient (Wildman–Crippen LogP) is 4.79. The van der Waals surface area contributed by atoms with E-state index in [1.807, 2.05) is 54.6 Å². The molecule has 1 aliphatic rings. The number of amides is 1. The lowest BCUT2D eigenvalue weighted by Gasteiger charge is -2.01. The Morgan fingerprint density at radius 3 is 2.78 bits per heavy atom. The van der Waals surface area contributed by atoms with Crippen LogP contribution in [-0.4, -0.2) is 23.0 Å². The third-order valence-electron chi connectivity index (χ3n) is 4.59. The van der Waals surface area contributed by atoms with Gasteiger partial charge in [0.25, 0.3) is 5.91 Å². The number of hydrogen-bond acceptors (Lipinski definition) is 4. The Kier molecular flexibility index (Phi) is 3.58. The van der Waals surface area contributed by atoms with Crippen LogP contribution < -0.4 is 10.1 Å². The number of carbonyl (C=O) groups excluding carboxylic acids is 1. The second-order valence-electron chi connectivity index (χ2n) is 6.19. The second-order valence-corrected chi connectivity index (χ2v) is 7.22. The molecule has 0 bridgehead atoms. The molecule has 5 nitrogen and oxygen atoms in total. The number of aromatic amines is 1. The lowest BCUT2D eigenvalue weighted by molar-refractivity contribution is -0.110. The number of aromatic nitrogens is 2. The van der Waals surface area contributed by atoms with Gasteiger partial charge in [0.15, 0.2) is 0 Å². The van der Waals surface area contributed by atoms with Crippen LogP contribution in [0.2, 0.25) is 0 Å². The molecule has 132 valence electrons. The van der Waals surface area contributed by atoms with Gasteiger partial charge in [-0.2, -0.15) is 0 Å². The number of thiazole rings is 1. The summed E-state index contributed by atoms with van der Waals surface area (Å²) in [5, 5.41) is 3.88. The number of ether oxygens (including phenoxy) is 1. The molecular weight excluding hydrogens is 358 g/mol. The average Bonchev–Trinajstić information content (AvgIpc) is 3.39.